The van der Waals surface area contributed by atoms with E-state index >= 15 is 0 Å². The fraction of sp³-hybridized carbons (Fsp3) is 0.214. The third-order valence-electron chi connectivity index (χ3n) is 3.12. The predicted octanol–water partition coefficient (Wildman–Crippen LogP) is 2.43. The quantitative estimate of drug-likeness (QED) is 0.776. The first-order valence-corrected chi connectivity index (χ1v) is 6.23. The zero-order valence-electron chi connectivity index (χ0n) is 11.5. The average molecular weight is 270 g/mol. The topological polar surface area (TPSA) is 73.0 Å². The van der Waals surface area contributed by atoms with Crippen molar-refractivity contribution in [3.05, 3.63) is 41.6 Å². The lowest BCUT2D eigenvalue weighted by Crippen LogP contribution is -2.15. The highest BCUT2D eigenvalue weighted by atomic mass is 16.4. The van der Waals surface area contributed by atoms with Crippen LogP contribution in [0.3, 0.4) is 0 Å². The van der Waals surface area contributed by atoms with Crippen LogP contribution < -0.4 is 5.32 Å². The van der Waals surface area contributed by atoms with E-state index in [2.05, 4.69) is 15.3 Å². The molecule has 0 saturated carbocycles. The van der Waals surface area contributed by atoms with Crippen LogP contribution in [0.15, 0.2) is 28.7 Å². The molecule has 0 spiro atoms. The number of anilines is 1. The van der Waals surface area contributed by atoms with Crippen LogP contribution in [-0.4, -0.2) is 20.4 Å². The number of hydrogen-bond acceptors (Lipinski definition) is 4. The third-order valence-corrected chi connectivity index (χ3v) is 3.12. The Hall–Kier alpha value is -2.63. The molecule has 1 aromatic carbocycles. The molecule has 1 amide bonds. The maximum atomic E-state index is 12.2. The lowest BCUT2D eigenvalue weighted by molar-refractivity contribution is 0.0993. The molecule has 0 aliphatic rings. The van der Waals surface area contributed by atoms with Crippen LogP contribution in [-0.2, 0) is 7.05 Å². The Morgan fingerprint density at radius 3 is 2.65 bits per heavy atom. The van der Waals surface area contributed by atoms with Gasteiger partial charge in [0.2, 0.25) is 11.7 Å². The van der Waals surface area contributed by atoms with Crippen LogP contribution in [0.25, 0.3) is 11.0 Å². The number of carbonyl (C=O) groups is 1. The summed E-state index contributed by atoms with van der Waals surface area (Å²) < 4.78 is 7.13. The number of oxazole rings is 1. The molecule has 3 rings (SSSR count). The van der Waals surface area contributed by atoms with Crippen LogP contribution in [0.2, 0.25) is 0 Å². The van der Waals surface area contributed by atoms with Crippen LogP contribution in [0.5, 0.6) is 0 Å². The second-order valence-corrected chi connectivity index (χ2v) is 4.58. The standard InChI is InChI=1S/C14H14N4O2/c1-8-12(20-9(2)15-8)13(19)17-14-16-10-6-4-5-7-11(10)18(14)3/h4-7H,1-3H3,(H,16,17,19). The van der Waals surface area contributed by atoms with Crippen LogP contribution in [0.4, 0.5) is 5.95 Å². The van der Waals surface area contributed by atoms with Gasteiger partial charge in [0.1, 0.15) is 0 Å². The van der Waals surface area contributed by atoms with Gasteiger partial charge in [0, 0.05) is 14.0 Å². The zero-order chi connectivity index (χ0) is 14.3. The number of rotatable bonds is 2. The molecule has 6 heteroatoms. The Morgan fingerprint density at radius 1 is 1.25 bits per heavy atom. The Balaban J connectivity index is 1.95. The van der Waals surface area contributed by atoms with Crippen LogP contribution in [0.1, 0.15) is 22.1 Å². The Kier molecular flexibility index (Phi) is 2.78. The van der Waals surface area contributed by atoms with Gasteiger partial charge in [0.15, 0.2) is 5.89 Å². The molecule has 0 atom stereocenters. The second kappa shape index (κ2) is 4.48. The molecule has 0 fully saturated rings. The highest BCUT2D eigenvalue weighted by Crippen LogP contribution is 2.19. The summed E-state index contributed by atoms with van der Waals surface area (Å²) in [5, 5.41) is 2.75. The summed E-state index contributed by atoms with van der Waals surface area (Å²) in [4.78, 5) is 20.6. The zero-order valence-corrected chi connectivity index (χ0v) is 11.5. The monoisotopic (exact) mass is 270 g/mol. The summed E-state index contributed by atoms with van der Waals surface area (Å²) in [6.45, 7) is 3.44. The van der Waals surface area contributed by atoms with Gasteiger partial charge in [-0.15, -0.1) is 0 Å². The van der Waals surface area contributed by atoms with Crippen molar-refractivity contribution < 1.29 is 9.21 Å². The molecule has 2 aromatic heterocycles. The summed E-state index contributed by atoms with van der Waals surface area (Å²) in [6.07, 6.45) is 0. The van der Waals surface area contributed by atoms with Crippen molar-refractivity contribution in [2.24, 2.45) is 7.05 Å². The highest BCUT2D eigenvalue weighted by molar-refractivity contribution is 6.02. The Morgan fingerprint density at radius 2 is 2.00 bits per heavy atom. The number of amides is 1. The van der Waals surface area contributed by atoms with Crippen molar-refractivity contribution in [2.75, 3.05) is 5.32 Å². The smallest absolute Gasteiger partial charge is 0.295 e. The number of hydrogen-bond donors (Lipinski definition) is 1. The number of aromatic nitrogens is 3. The van der Waals surface area contributed by atoms with Crippen molar-refractivity contribution >= 4 is 22.9 Å². The van der Waals surface area contributed by atoms with Gasteiger partial charge in [-0.25, -0.2) is 9.97 Å². The molecule has 0 radical (unpaired) electrons. The van der Waals surface area contributed by atoms with Gasteiger partial charge in [0.25, 0.3) is 5.91 Å². The number of carbonyl (C=O) groups excluding carboxylic acids is 1. The van der Waals surface area contributed by atoms with E-state index in [4.69, 9.17) is 4.42 Å². The summed E-state index contributed by atoms with van der Waals surface area (Å²) in [5.41, 5.74) is 2.35. The van der Waals surface area contributed by atoms with E-state index in [1.165, 1.54) is 0 Å². The Bertz CT molecular complexity index is 801. The van der Waals surface area contributed by atoms with Gasteiger partial charge < -0.3 is 8.98 Å². The van der Waals surface area contributed by atoms with Gasteiger partial charge in [-0.05, 0) is 19.1 Å². The van der Waals surface area contributed by atoms with Crippen molar-refractivity contribution in [2.45, 2.75) is 13.8 Å². The molecule has 0 bridgehead atoms. The molecule has 102 valence electrons. The lowest BCUT2D eigenvalue weighted by atomic mass is 10.3. The summed E-state index contributed by atoms with van der Waals surface area (Å²) in [5.74, 6) is 0.818. The number of nitrogens with one attached hydrogen (secondary N) is 1. The first-order valence-electron chi connectivity index (χ1n) is 6.23. The van der Waals surface area contributed by atoms with Crippen molar-refractivity contribution in [3.8, 4) is 0 Å². The molecule has 6 nitrogen and oxygen atoms in total. The summed E-state index contributed by atoms with van der Waals surface area (Å²) in [6, 6.07) is 7.68. The molecule has 0 aliphatic carbocycles. The lowest BCUT2D eigenvalue weighted by Gasteiger charge is -2.03. The predicted molar refractivity (Wildman–Crippen MR) is 74.6 cm³/mol. The maximum absolute atomic E-state index is 12.2. The van der Waals surface area contributed by atoms with E-state index in [0.717, 1.165) is 11.0 Å². The minimum Gasteiger partial charge on any atom is -0.436 e. The number of aryl methyl sites for hydroxylation is 3. The molecule has 0 saturated heterocycles. The molecule has 2 heterocycles. The molecule has 3 aromatic rings. The number of para-hydroxylation sites is 2. The number of nitrogens with zero attached hydrogens (tertiary/aromatic N) is 3. The molecular formula is C14H14N4O2. The van der Waals surface area contributed by atoms with Gasteiger partial charge in [-0.3, -0.25) is 10.1 Å². The second-order valence-electron chi connectivity index (χ2n) is 4.58. The van der Waals surface area contributed by atoms with Crippen molar-refractivity contribution in [1.29, 1.82) is 0 Å². The van der Waals surface area contributed by atoms with Gasteiger partial charge in [-0.1, -0.05) is 12.1 Å². The summed E-state index contributed by atoms with van der Waals surface area (Å²) >= 11 is 0. The fourth-order valence-electron chi connectivity index (χ4n) is 2.16. The van der Waals surface area contributed by atoms with E-state index in [1.54, 1.807) is 13.8 Å². The van der Waals surface area contributed by atoms with E-state index in [0.29, 0.717) is 17.5 Å². The highest BCUT2D eigenvalue weighted by Gasteiger charge is 2.18. The van der Waals surface area contributed by atoms with Crippen LogP contribution in [0, 0.1) is 13.8 Å². The minimum absolute atomic E-state index is 0.217. The van der Waals surface area contributed by atoms with E-state index < -0.39 is 0 Å². The molecule has 20 heavy (non-hydrogen) atoms. The first-order chi connectivity index (χ1) is 9.56. The minimum atomic E-state index is -0.346. The summed E-state index contributed by atoms with van der Waals surface area (Å²) in [7, 11) is 1.85. The van der Waals surface area contributed by atoms with Crippen molar-refractivity contribution in [3.63, 3.8) is 0 Å². The van der Waals surface area contributed by atoms with Gasteiger partial charge in [0.05, 0.1) is 16.7 Å². The number of imidazole rings is 1. The van der Waals surface area contributed by atoms with Gasteiger partial charge >= 0.3 is 0 Å². The third kappa shape index (κ3) is 1.95. The van der Waals surface area contributed by atoms with Crippen molar-refractivity contribution in [1.82, 2.24) is 14.5 Å². The Labute approximate surface area is 115 Å². The molecule has 0 unspecified atom stereocenters. The molecule has 0 aliphatic heterocycles. The molecule has 1 N–H and O–H groups in total. The SMILES string of the molecule is Cc1nc(C)c(C(=O)Nc2nc3ccccc3n2C)o1. The van der Waals surface area contributed by atoms with E-state index in [-0.39, 0.29) is 11.7 Å². The number of fused-ring (bicyclic) bond motifs is 1. The maximum Gasteiger partial charge on any atom is 0.295 e. The molecular weight excluding hydrogens is 256 g/mol. The van der Waals surface area contributed by atoms with Gasteiger partial charge in [-0.2, -0.15) is 0 Å². The normalized spacial score (nSPS) is 10.9. The fourth-order valence-corrected chi connectivity index (χ4v) is 2.16. The van der Waals surface area contributed by atoms with E-state index in [1.807, 2.05) is 35.9 Å². The first kappa shape index (κ1) is 12.4. The number of benzene rings is 1. The largest absolute Gasteiger partial charge is 0.436 e. The average Bonchev–Trinajstić information content (AvgIpc) is 2.91. The van der Waals surface area contributed by atoms with Crippen LogP contribution >= 0.6 is 0 Å². The van der Waals surface area contributed by atoms with E-state index in [9.17, 15) is 4.79 Å².